The van der Waals surface area contributed by atoms with Crippen molar-refractivity contribution in [2.75, 3.05) is 13.7 Å². The fourth-order valence-corrected chi connectivity index (χ4v) is 2.19. The molecule has 0 saturated carbocycles. The molecule has 6 nitrogen and oxygen atoms in total. The number of hydrogen-bond donors (Lipinski definition) is 2. The lowest BCUT2D eigenvalue weighted by atomic mass is 9.93. The average molecular weight is 337 g/mol. The normalized spacial score (nSPS) is 13.8. The zero-order chi connectivity index (χ0) is 18.3. The summed E-state index contributed by atoms with van der Waals surface area (Å²) in [4.78, 5) is 24.1. The number of methoxy groups -OCH3 is 1. The van der Waals surface area contributed by atoms with E-state index in [-0.39, 0.29) is 18.1 Å². The number of benzene rings is 1. The zero-order valence-electron chi connectivity index (χ0n) is 15.0. The van der Waals surface area contributed by atoms with Crippen molar-refractivity contribution in [1.29, 1.82) is 0 Å². The number of Topliss-reactive ketones (excluding diaryl/α,β-unsaturated/α-hetero) is 1. The van der Waals surface area contributed by atoms with Crippen LogP contribution >= 0.6 is 0 Å². The predicted octanol–water partition coefficient (Wildman–Crippen LogP) is 2.64. The summed E-state index contributed by atoms with van der Waals surface area (Å²) in [6.07, 6.45) is -0.530. The molecule has 0 unspecified atom stereocenters. The molecule has 2 N–H and O–H groups in total. The van der Waals surface area contributed by atoms with Crippen LogP contribution in [0.5, 0.6) is 5.75 Å². The molecule has 1 rings (SSSR count). The van der Waals surface area contributed by atoms with Gasteiger partial charge in [-0.05, 0) is 44.4 Å². The van der Waals surface area contributed by atoms with Gasteiger partial charge >= 0.3 is 6.09 Å². The van der Waals surface area contributed by atoms with E-state index in [0.29, 0.717) is 0 Å². The second-order valence-corrected chi connectivity index (χ2v) is 6.73. The van der Waals surface area contributed by atoms with E-state index in [1.54, 1.807) is 27.9 Å². The second-order valence-electron chi connectivity index (χ2n) is 6.73. The molecule has 6 heteroatoms. The number of amides is 1. The molecular formula is C18H27NO5. The van der Waals surface area contributed by atoms with Gasteiger partial charge < -0.3 is 19.9 Å². The van der Waals surface area contributed by atoms with E-state index in [4.69, 9.17) is 9.47 Å². The summed E-state index contributed by atoms with van der Waals surface area (Å²) >= 11 is 0. The molecule has 0 fully saturated rings. The lowest BCUT2D eigenvalue weighted by Crippen LogP contribution is -2.45. The fourth-order valence-electron chi connectivity index (χ4n) is 2.19. The van der Waals surface area contributed by atoms with Gasteiger partial charge in [0.05, 0.1) is 13.7 Å². The van der Waals surface area contributed by atoms with Crippen LogP contribution in [-0.2, 0) is 9.53 Å². The number of aliphatic hydroxyl groups is 1. The number of carbonyl (C=O) groups excluding carboxylic acids is 2. The highest BCUT2D eigenvalue weighted by atomic mass is 16.6. The third-order valence-corrected chi connectivity index (χ3v) is 3.43. The van der Waals surface area contributed by atoms with E-state index in [2.05, 4.69) is 5.32 Å². The van der Waals surface area contributed by atoms with Gasteiger partial charge in [-0.15, -0.1) is 0 Å². The summed E-state index contributed by atoms with van der Waals surface area (Å²) in [5.74, 6) is 0.401. The van der Waals surface area contributed by atoms with E-state index < -0.39 is 24.3 Å². The smallest absolute Gasteiger partial charge is 0.408 e. The topological polar surface area (TPSA) is 84.9 Å². The first kappa shape index (κ1) is 20.0. The third-order valence-electron chi connectivity index (χ3n) is 3.43. The molecule has 0 saturated heterocycles. The Labute approximate surface area is 143 Å². The lowest BCUT2D eigenvalue weighted by Gasteiger charge is -2.23. The minimum absolute atomic E-state index is 0.0675. The van der Waals surface area contributed by atoms with Crippen molar-refractivity contribution < 1.29 is 24.2 Å². The number of ether oxygens (including phenoxy) is 2. The second kappa shape index (κ2) is 8.68. The van der Waals surface area contributed by atoms with Gasteiger partial charge in [0.2, 0.25) is 0 Å². The Kier molecular flexibility index (Phi) is 7.22. The predicted molar refractivity (Wildman–Crippen MR) is 91.3 cm³/mol. The molecule has 0 spiro atoms. The number of ketones is 1. The lowest BCUT2D eigenvalue weighted by molar-refractivity contribution is -0.122. The van der Waals surface area contributed by atoms with E-state index >= 15 is 0 Å². The average Bonchev–Trinajstić information content (AvgIpc) is 2.50. The zero-order valence-corrected chi connectivity index (χ0v) is 15.0. The number of aliphatic hydroxyl groups excluding tert-OH is 1. The maximum atomic E-state index is 12.4. The molecule has 0 heterocycles. The maximum absolute atomic E-state index is 12.4. The van der Waals surface area contributed by atoms with Crippen LogP contribution in [0.3, 0.4) is 0 Å². The summed E-state index contributed by atoms with van der Waals surface area (Å²) in [5, 5.41) is 11.8. The first-order valence-electron chi connectivity index (χ1n) is 7.93. The van der Waals surface area contributed by atoms with Crippen LogP contribution in [-0.4, -0.2) is 42.3 Å². The molecule has 0 aliphatic rings. The van der Waals surface area contributed by atoms with Gasteiger partial charge in [-0.1, -0.05) is 19.1 Å². The Bertz CT molecular complexity index is 565. The highest BCUT2D eigenvalue weighted by Gasteiger charge is 2.25. The number of carbonyl (C=O) groups is 2. The summed E-state index contributed by atoms with van der Waals surface area (Å²) in [5.41, 5.74) is 0.290. The molecular weight excluding hydrogens is 310 g/mol. The van der Waals surface area contributed by atoms with Gasteiger partial charge in [0, 0.05) is 6.42 Å². The maximum Gasteiger partial charge on any atom is 0.408 e. The van der Waals surface area contributed by atoms with E-state index in [1.165, 1.54) is 0 Å². The van der Waals surface area contributed by atoms with E-state index in [0.717, 1.165) is 11.3 Å². The van der Waals surface area contributed by atoms with Crippen molar-refractivity contribution in [2.45, 2.75) is 51.7 Å². The van der Waals surface area contributed by atoms with Crippen molar-refractivity contribution in [3.63, 3.8) is 0 Å². The standard InChI is InChI=1S/C18H27NO5/c1-12(13-7-6-8-14(10-13)23-5)9-16(21)15(11-20)19-17(22)24-18(2,3)4/h6-8,10,12,15,20H,9,11H2,1-5H3,(H,19,22)/t12-,15+/m0/s1. The Morgan fingerprint density at radius 1 is 1.29 bits per heavy atom. The largest absolute Gasteiger partial charge is 0.497 e. The van der Waals surface area contributed by atoms with Crippen LogP contribution < -0.4 is 10.1 Å². The molecule has 1 amide bonds. The van der Waals surface area contributed by atoms with Crippen molar-refractivity contribution >= 4 is 11.9 Å². The highest BCUT2D eigenvalue weighted by molar-refractivity contribution is 5.88. The highest BCUT2D eigenvalue weighted by Crippen LogP contribution is 2.23. The van der Waals surface area contributed by atoms with Crippen molar-refractivity contribution in [3.05, 3.63) is 29.8 Å². The first-order chi connectivity index (χ1) is 11.2. The Hall–Kier alpha value is -2.08. The van der Waals surface area contributed by atoms with Gasteiger partial charge in [0.1, 0.15) is 17.4 Å². The first-order valence-corrected chi connectivity index (χ1v) is 7.93. The Morgan fingerprint density at radius 3 is 2.50 bits per heavy atom. The van der Waals surface area contributed by atoms with Crippen LogP contribution in [0.4, 0.5) is 4.79 Å². The molecule has 0 aliphatic heterocycles. The SMILES string of the molecule is COc1cccc([C@@H](C)CC(=O)[C@@H](CO)NC(=O)OC(C)(C)C)c1. The number of nitrogens with one attached hydrogen (secondary N) is 1. The van der Waals surface area contributed by atoms with Crippen LogP contribution in [0.2, 0.25) is 0 Å². The molecule has 1 aromatic rings. The van der Waals surface area contributed by atoms with Gasteiger partial charge in [-0.2, -0.15) is 0 Å². The summed E-state index contributed by atoms with van der Waals surface area (Å²) in [6.45, 7) is 6.63. The van der Waals surface area contributed by atoms with Crippen LogP contribution in [0.25, 0.3) is 0 Å². The fraction of sp³-hybridized carbons (Fsp3) is 0.556. The molecule has 0 radical (unpaired) electrons. The molecule has 1 aromatic carbocycles. The summed E-state index contributed by atoms with van der Waals surface area (Å²) in [7, 11) is 1.58. The minimum atomic E-state index is -0.979. The van der Waals surface area contributed by atoms with Crippen molar-refractivity contribution in [3.8, 4) is 5.75 Å². The van der Waals surface area contributed by atoms with Crippen LogP contribution in [0.1, 0.15) is 45.6 Å². The number of rotatable bonds is 7. The quantitative estimate of drug-likeness (QED) is 0.799. The minimum Gasteiger partial charge on any atom is -0.497 e. The Morgan fingerprint density at radius 2 is 1.96 bits per heavy atom. The van der Waals surface area contributed by atoms with Crippen molar-refractivity contribution in [2.24, 2.45) is 0 Å². The van der Waals surface area contributed by atoms with Gasteiger partial charge in [-0.3, -0.25) is 4.79 Å². The van der Waals surface area contributed by atoms with Gasteiger partial charge in [0.25, 0.3) is 0 Å². The van der Waals surface area contributed by atoms with Crippen LogP contribution in [0.15, 0.2) is 24.3 Å². The van der Waals surface area contributed by atoms with E-state index in [9.17, 15) is 14.7 Å². The Balaban J connectivity index is 2.67. The molecule has 0 aromatic heterocycles. The number of hydrogen-bond acceptors (Lipinski definition) is 5. The third kappa shape index (κ3) is 6.58. The molecule has 24 heavy (non-hydrogen) atoms. The van der Waals surface area contributed by atoms with Crippen molar-refractivity contribution in [1.82, 2.24) is 5.32 Å². The summed E-state index contributed by atoms with van der Waals surface area (Å²) < 4.78 is 10.3. The number of alkyl carbamates (subject to hydrolysis) is 1. The monoisotopic (exact) mass is 337 g/mol. The van der Waals surface area contributed by atoms with Gasteiger partial charge in [-0.25, -0.2) is 4.79 Å². The molecule has 0 aliphatic carbocycles. The molecule has 0 bridgehead atoms. The summed E-state index contributed by atoms with van der Waals surface area (Å²) in [6, 6.07) is 6.49. The van der Waals surface area contributed by atoms with E-state index in [1.807, 2.05) is 31.2 Å². The molecule has 2 atom stereocenters. The molecule has 134 valence electrons. The van der Waals surface area contributed by atoms with Crippen LogP contribution in [0, 0.1) is 0 Å². The van der Waals surface area contributed by atoms with Gasteiger partial charge in [0.15, 0.2) is 5.78 Å².